The monoisotopic (exact) mass is 450 g/mol. The number of amides is 3. The summed E-state index contributed by atoms with van der Waals surface area (Å²) < 4.78 is 0. The number of anilines is 1. The van der Waals surface area contributed by atoms with Crippen molar-refractivity contribution < 1.29 is 9.59 Å². The molecule has 2 fully saturated rings. The molecule has 0 aliphatic carbocycles. The van der Waals surface area contributed by atoms with E-state index in [0.29, 0.717) is 24.0 Å². The molecule has 0 radical (unpaired) electrons. The van der Waals surface area contributed by atoms with Gasteiger partial charge in [0, 0.05) is 36.3 Å². The van der Waals surface area contributed by atoms with Gasteiger partial charge in [0.2, 0.25) is 0 Å². The molecule has 2 aromatic rings. The normalized spacial score (nSPS) is 24.0. The lowest BCUT2D eigenvalue weighted by Gasteiger charge is -2.46. The van der Waals surface area contributed by atoms with Gasteiger partial charge in [-0.05, 0) is 51.8 Å². The highest BCUT2D eigenvalue weighted by Gasteiger charge is 2.48. The number of fused-ring (bicyclic) bond motifs is 2. The van der Waals surface area contributed by atoms with Crippen molar-refractivity contribution in [3.8, 4) is 0 Å². The van der Waals surface area contributed by atoms with E-state index in [0.717, 1.165) is 43.7 Å². The number of benzene rings is 1. The van der Waals surface area contributed by atoms with Crippen LogP contribution in [0, 0.1) is 0 Å². The van der Waals surface area contributed by atoms with Crippen LogP contribution in [-0.2, 0) is 12.1 Å². The van der Waals surface area contributed by atoms with Crippen molar-refractivity contribution in [2.24, 2.45) is 0 Å². The van der Waals surface area contributed by atoms with Gasteiger partial charge in [-0.15, -0.1) is 0 Å². The molecule has 4 heterocycles. The molecule has 2 saturated heterocycles. The molecule has 8 heteroatoms. The Morgan fingerprint density at radius 3 is 2.76 bits per heavy atom. The van der Waals surface area contributed by atoms with E-state index < -0.39 is 5.54 Å². The third-order valence-electron chi connectivity index (χ3n) is 7.63. The van der Waals surface area contributed by atoms with Crippen molar-refractivity contribution in [3.05, 3.63) is 47.2 Å². The molecule has 5 rings (SSSR count). The molecule has 0 saturated carbocycles. The summed E-state index contributed by atoms with van der Waals surface area (Å²) in [4.78, 5) is 33.3. The topological polar surface area (TPSA) is 84.6 Å². The van der Waals surface area contributed by atoms with E-state index in [2.05, 4.69) is 46.1 Å². The summed E-state index contributed by atoms with van der Waals surface area (Å²) in [5.74, 6) is 0.306. The van der Waals surface area contributed by atoms with E-state index in [4.69, 9.17) is 0 Å². The average molecular weight is 451 g/mol. The minimum Gasteiger partial charge on any atom is -0.319 e. The zero-order valence-corrected chi connectivity index (χ0v) is 19.8. The minimum atomic E-state index is -0.529. The molecule has 8 nitrogen and oxygen atoms in total. The van der Waals surface area contributed by atoms with E-state index in [-0.39, 0.29) is 18.0 Å². The number of nitrogens with zero attached hydrogens (tertiary/aromatic N) is 4. The van der Waals surface area contributed by atoms with Gasteiger partial charge in [-0.3, -0.25) is 14.8 Å². The molecule has 1 aromatic carbocycles. The molecular formula is C25H34N6O2. The summed E-state index contributed by atoms with van der Waals surface area (Å²) in [5, 5.41) is 10.4. The smallest absolute Gasteiger partial charge is 0.319 e. The van der Waals surface area contributed by atoms with Crippen LogP contribution in [-0.4, -0.2) is 68.6 Å². The summed E-state index contributed by atoms with van der Waals surface area (Å²) in [5.41, 5.74) is 1.84. The van der Waals surface area contributed by atoms with Crippen LogP contribution in [0.4, 0.5) is 10.6 Å². The fraction of sp³-hybridized carbons (Fsp3) is 0.560. The van der Waals surface area contributed by atoms with Gasteiger partial charge in [-0.2, -0.15) is 5.10 Å². The second-order valence-electron chi connectivity index (χ2n) is 10.1. The predicted octanol–water partition coefficient (Wildman–Crippen LogP) is 3.78. The largest absolute Gasteiger partial charge is 0.321 e. The summed E-state index contributed by atoms with van der Waals surface area (Å²) in [6, 6.07) is 9.93. The maximum Gasteiger partial charge on any atom is 0.321 e. The molecule has 0 bridgehead atoms. The van der Waals surface area contributed by atoms with Crippen molar-refractivity contribution in [1.29, 1.82) is 0 Å². The van der Waals surface area contributed by atoms with Gasteiger partial charge in [0.25, 0.3) is 5.91 Å². The lowest BCUT2D eigenvalue weighted by Crippen LogP contribution is -2.61. The van der Waals surface area contributed by atoms with E-state index in [1.807, 2.05) is 23.1 Å². The number of carbonyl (C=O) groups is 2. The molecule has 2 atom stereocenters. The van der Waals surface area contributed by atoms with Gasteiger partial charge < -0.3 is 15.1 Å². The number of H-pyrrole nitrogens is 1. The first kappa shape index (κ1) is 21.9. The van der Waals surface area contributed by atoms with Crippen LogP contribution in [0.5, 0.6) is 0 Å². The Hall–Kier alpha value is -2.87. The number of piperazine rings is 1. The van der Waals surface area contributed by atoms with Gasteiger partial charge >= 0.3 is 6.03 Å². The maximum atomic E-state index is 13.9. The SMILES string of the molecule is CCCC1CN2CCC[C@H]2CN1C(=O)N1Cc2c(NC(=O)c3ccccc3)n[nH]c2C1(C)C. The van der Waals surface area contributed by atoms with Crippen LogP contribution in [0.2, 0.25) is 0 Å². The summed E-state index contributed by atoms with van der Waals surface area (Å²) in [6.45, 7) is 9.67. The Bertz CT molecular complexity index is 1030. The lowest BCUT2D eigenvalue weighted by atomic mass is 10.00. The maximum absolute atomic E-state index is 13.9. The molecule has 1 aromatic heterocycles. The molecule has 3 aliphatic rings. The number of hydrogen-bond acceptors (Lipinski definition) is 4. The number of rotatable bonds is 4. The van der Waals surface area contributed by atoms with Crippen LogP contribution in [0.15, 0.2) is 30.3 Å². The zero-order valence-electron chi connectivity index (χ0n) is 19.8. The molecule has 2 N–H and O–H groups in total. The van der Waals surface area contributed by atoms with Crippen molar-refractivity contribution in [2.75, 3.05) is 25.0 Å². The van der Waals surface area contributed by atoms with Crippen LogP contribution < -0.4 is 5.32 Å². The Morgan fingerprint density at radius 1 is 1.21 bits per heavy atom. The summed E-state index contributed by atoms with van der Waals surface area (Å²) in [7, 11) is 0. The van der Waals surface area contributed by atoms with Gasteiger partial charge in [-0.1, -0.05) is 31.5 Å². The summed E-state index contributed by atoms with van der Waals surface area (Å²) >= 11 is 0. The number of aromatic amines is 1. The zero-order chi connectivity index (χ0) is 23.2. The fourth-order valence-electron chi connectivity index (χ4n) is 5.75. The second kappa shape index (κ2) is 8.48. The summed E-state index contributed by atoms with van der Waals surface area (Å²) in [6.07, 6.45) is 4.48. The number of carbonyl (C=O) groups excluding carboxylic acids is 2. The third-order valence-corrected chi connectivity index (χ3v) is 7.63. The Kier molecular flexibility index (Phi) is 5.64. The fourth-order valence-corrected chi connectivity index (χ4v) is 5.75. The van der Waals surface area contributed by atoms with Gasteiger partial charge in [0.05, 0.1) is 17.8 Å². The highest BCUT2D eigenvalue weighted by Crippen LogP contribution is 2.42. The van der Waals surface area contributed by atoms with E-state index >= 15 is 0 Å². The molecule has 176 valence electrons. The van der Waals surface area contributed by atoms with Crippen molar-refractivity contribution in [2.45, 2.75) is 70.6 Å². The van der Waals surface area contributed by atoms with E-state index in [1.54, 1.807) is 12.1 Å². The molecule has 0 spiro atoms. The van der Waals surface area contributed by atoms with Gasteiger partial charge in [-0.25, -0.2) is 4.79 Å². The predicted molar refractivity (Wildman–Crippen MR) is 127 cm³/mol. The standard InChI is InChI=1S/C25H34N6O2/c1-4-9-19-14-29-13-8-12-18(29)15-30(19)24(33)31-16-20-21(25(31,2)3)27-28-22(20)26-23(32)17-10-6-5-7-11-17/h5-7,10-11,18-19H,4,8-9,12-16H2,1-3H3,(H2,26,27,28,32)/t18-,19?/m0/s1. The number of nitrogens with one attached hydrogen (secondary N) is 2. The number of aromatic nitrogens is 2. The van der Waals surface area contributed by atoms with Gasteiger partial charge in [0.15, 0.2) is 5.82 Å². The van der Waals surface area contributed by atoms with Crippen molar-refractivity contribution in [3.63, 3.8) is 0 Å². The quantitative estimate of drug-likeness (QED) is 0.742. The van der Waals surface area contributed by atoms with Crippen molar-refractivity contribution >= 4 is 17.8 Å². The minimum absolute atomic E-state index is 0.0925. The van der Waals surface area contributed by atoms with E-state index in [1.165, 1.54) is 12.8 Å². The first-order valence-electron chi connectivity index (χ1n) is 12.2. The third kappa shape index (κ3) is 3.80. The van der Waals surface area contributed by atoms with Crippen LogP contribution >= 0.6 is 0 Å². The average Bonchev–Trinajstić information content (AvgIpc) is 3.49. The van der Waals surface area contributed by atoms with Crippen LogP contribution in [0.25, 0.3) is 0 Å². The molecule has 3 amide bonds. The number of hydrogen-bond donors (Lipinski definition) is 2. The highest BCUT2D eigenvalue weighted by atomic mass is 16.2. The number of urea groups is 1. The van der Waals surface area contributed by atoms with Crippen LogP contribution in [0.1, 0.15) is 68.1 Å². The highest BCUT2D eigenvalue weighted by molar-refractivity contribution is 6.04. The lowest BCUT2D eigenvalue weighted by molar-refractivity contribution is 0.0371. The molecule has 33 heavy (non-hydrogen) atoms. The Morgan fingerprint density at radius 2 is 2.00 bits per heavy atom. The molecule has 3 aliphatic heterocycles. The molecule has 1 unspecified atom stereocenters. The first-order valence-corrected chi connectivity index (χ1v) is 12.2. The Balaban J connectivity index is 1.36. The second-order valence-corrected chi connectivity index (χ2v) is 10.1. The van der Waals surface area contributed by atoms with Gasteiger partial charge in [0.1, 0.15) is 0 Å². The van der Waals surface area contributed by atoms with Crippen LogP contribution in [0.3, 0.4) is 0 Å². The van der Waals surface area contributed by atoms with Crippen molar-refractivity contribution in [1.82, 2.24) is 24.9 Å². The Labute approximate surface area is 195 Å². The first-order chi connectivity index (χ1) is 15.9. The van der Waals surface area contributed by atoms with E-state index in [9.17, 15) is 9.59 Å². The molecular weight excluding hydrogens is 416 g/mol.